The summed E-state index contributed by atoms with van der Waals surface area (Å²) in [5.74, 6) is 1.13. The number of benzene rings is 1. The molecule has 134 valence electrons. The Labute approximate surface area is 153 Å². The molecule has 3 aromatic rings. The van der Waals surface area contributed by atoms with Crippen molar-refractivity contribution in [2.45, 2.75) is 31.7 Å². The first kappa shape index (κ1) is 16.6. The van der Waals surface area contributed by atoms with E-state index in [0.717, 1.165) is 23.1 Å². The Kier molecular flexibility index (Phi) is 3.94. The summed E-state index contributed by atoms with van der Waals surface area (Å²) in [5, 5.41) is 0.932. The van der Waals surface area contributed by atoms with E-state index in [0.29, 0.717) is 18.2 Å². The van der Waals surface area contributed by atoms with E-state index < -0.39 is 0 Å². The zero-order valence-corrected chi connectivity index (χ0v) is 15.3. The minimum Gasteiger partial charge on any atom is -0.496 e. The normalized spacial score (nSPS) is 19.0. The number of carbonyl (C=O) groups excluding carboxylic acids is 1. The van der Waals surface area contributed by atoms with Crippen molar-refractivity contribution in [3.63, 3.8) is 0 Å². The fourth-order valence-corrected chi connectivity index (χ4v) is 4.03. The average molecular weight is 349 g/mol. The molecule has 0 aliphatic carbocycles. The second-order valence-electron chi connectivity index (χ2n) is 7.51. The molecule has 26 heavy (non-hydrogen) atoms. The van der Waals surface area contributed by atoms with E-state index in [9.17, 15) is 4.79 Å². The van der Waals surface area contributed by atoms with Crippen molar-refractivity contribution in [1.29, 1.82) is 0 Å². The van der Waals surface area contributed by atoms with Crippen molar-refractivity contribution in [3.05, 3.63) is 60.0 Å². The van der Waals surface area contributed by atoms with Gasteiger partial charge < -0.3 is 14.6 Å². The number of pyridine rings is 1. The van der Waals surface area contributed by atoms with Gasteiger partial charge in [-0.3, -0.25) is 9.78 Å². The number of nitrogens with zero attached hydrogens (tertiary/aromatic N) is 2. The van der Waals surface area contributed by atoms with Crippen LogP contribution in [0, 0.1) is 0 Å². The first-order chi connectivity index (χ1) is 12.5. The van der Waals surface area contributed by atoms with E-state index in [-0.39, 0.29) is 11.4 Å². The maximum absolute atomic E-state index is 13.3. The van der Waals surface area contributed by atoms with Crippen molar-refractivity contribution >= 4 is 16.8 Å². The van der Waals surface area contributed by atoms with Crippen LogP contribution in [0.25, 0.3) is 10.9 Å². The Hall–Kier alpha value is -2.82. The molecule has 1 N–H and O–H groups in total. The molecule has 4 rings (SSSR count). The van der Waals surface area contributed by atoms with Crippen LogP contribution in [0.15, 0.2) is 48.8 Å². The molecular weight excluding hydrogens is 326 g/mol. The van der Waals surface area contributed by atoms with E-state index in [2.05, 4.69) is 23.8 Å². The molecule has 0 spiro atoms. The van der Waals surface area contributed by atoms with Crippen LogP contribution in [0.2, 0.25) is 0 Å². The Bertz CT molecular complexity index is 946. The minimum absolute atomic E-state index is 0.0322. The topological polar surface area (TPSA) is 58.2 Å². The molecular formula is C21H23N3O2. The van der Waals surface area contributed by atoms with Gasteiger partial charge in [0, 0.05) is 41.3 Å². The van der Waals surface area contributed by atoms with Gasteiger partial charge in [-0.2, -0.15) is 0 Å². The van der Waals surface area contributed by atoms with Gasteiger partial charge in [-0.1, -0.05) is 6.07 Å². The van der Waals surface area contributed by atoms with Crippen LogP contribution in [0.3, 0.4) is 0 Å². The zero-order valence-electron chi connectivity index (χ0n) is 15.3. The highest BCUT2D eigenvalue weighted by molar-refractivity contribution is 6.00. The highest BCUT2D eigenvalue weighted by atomic mass is 16.5. The molecule has 1 aliphatic rings. The lowest BCUT2D eigenvalue weighted by Gasteiger charge is -2.31. The van der Waals surface area contributed by atoms with E-state index in [1.807, 2.05) is 53.7 Å². The highest BCUT2D eigenvalue weighted by Gasteiger charge is 2.42. The molecule has 0 saturated carbocycles. The van der Waals surface area contributed by atoms with Crippen molar-refractivity contribution in [1.82, 2.24) is 14.9 Å². The Morgan fingerprint density at radius 1 is 1.27 bits per heavy atom. The van der Waals surface area contributed by atoms with Crippen LogP contribution < -0.4 is 4.74 Å². The number of nitrogens with one attached hydrogen (secondary N) is 1. The molecule has 1 atom stereocenters. The summed E-state index contributed by atoms with van der Waals surface area (Å²) < 4.78 is 5.41. The third-order valence-corrected chi connectivity index (χ3v) is 5.38. The smallest absolute Gasteiger partial charge is 0.270 e. The van der Waals surface area contributed by atoms with Crippen LogP contribution in [-0.2, 0) is 0 Å². The zero-order chi connectivity index (χ0) is 18.3. The standard InChI is InChI=1S/C21H23N3O2/c1-21(2)12-15(14-7-9-22-10-8-14)13-24(21)20(25)18-11-16-17(23-18)5-4-6-19(16)26-3/h4-11,15,23H,12-13H2,1-3H3. The molecule has 1 aromatic carbocycles. The van der Waals surface area contributed by atoms with Crippen molar-refractivity contribution < 1.29 is 9.53 Å². The van der Waals surface area contributed by atoms with Crippen molar-refractivity contribution in [2.75, 3.05) is 13.7 Å². The van der Waals surface area contributed by atoms with E-state index in [4.69, 9.17) is 4.74 Å². The number of methoxy groups -OCH3 is 1. The molecule has 5 nitrogen and oxygen atoms in total. The van der Waals surface area contributed by atoms with Gasteiger partial charge in [-0.25, -0.2) is 0 Å². The average Bonchev–Trinajstić information content (AvgIpc) is 3.22. The monoisotopic (exact) mass is 349 g/mol. The molecule has 1 fully saturated rings. The van der Waals surface area contributed by atoms with Crippen LogP contribution in [0.4, 0.5) is 0 Å². The number of amides is 1. The Morgan fingerprint density at radius 3 is 2.77 bits per heavy atom. The number of fused-ring (bicyclic) bond motifs is 1. The molecule has 1 aliphatic heterocycles. The van der Waals surface area contributed by atoms with Crippen LogP contribution in [-0.4, -0.2) is 40.0 Å². The van der Waals surface area contributed by atoms with Gasteiger partial charge in [-0.05, 0) is 56.2 Å². The predicted molar refractivity (Wildman–Crippen MR) is 102 cm³/mol. The predicted octanol–water partition coefficient (Wildman–Crippen LogP) is 3.98. The van der Waals surface area contributed by atoms with Gasteiger partial charge in [0.25, 0.3) is 5.91 Å². The molecule has 2 aromatic heterocycles. The molecule has 1 saturated heterocycles. The summed E-state index contributed by atoms with van der Waals surface area (Å²) in [6, 6.07) is 11.8. The maximum atomic E-state index is 13.3. The lowest BCUT2D eigenvalue weighted by molar-refractivity contribution is 0.0646. The highest BCUT2D eigenvalue weighted by Crippen LogP contribution is 2.39. The van der Waals surface area contributed by atoms with E-state index in [1.165, 1.54) is 5.56 Å². The third-order valence-electron chi connectivity index (χ3n) is 5.38. The van der Waals surface area contributed by atoms with Gasteiger partial charge in [0.05, 0.1) is 7.11 Å². The molecule has 5 heteroatoms. The largest absolute Gasteiger partial charge is 0.496 e. The Balaban J connectivity index is 1.65. The number of aromatic nitrogens is 2. The number of H-pyrrole nitrogens is 1. The molecule has 1 amide bonds. The minimum atomic E-state index is -0.202. The van der Waals surface area contributed by atoms with Crippen LogP contribution >= 0.6 is 0 Å². The first-order valence-corrected chi connectivity index (χ1v) is 8.87. The number of ether oxygens (including phenoxy) is 1. The molecule has 3 heterocycles. The van der Waals surface area contributed by atoms with Crippen molar-refractivity contribution in [2.24, 2.45) is 0 Å². The van der Waals surface area contributed by atoms with Crippen LogP contribution in [0.1, 0.15) is 42.2 Å². The number of rotatable bonds is 3. The van der Waals surface area contributed by atoms with Gasteiger partial charge in [0.1, 0.15) is 11.4 Å². The number of aromatic amines is 1. The molecule has 0 bridgehead atoms. The third kappa shape index (κ3) is 2.73. The first-order valence-electron chi connectivity index (χ1n) is 8.87. The summed E-state index contributed by atoms with van der Waals surface area (Å²) in [6.07, 6.45) is 4.57. The van der Waals surface area contributed by atoms with Gasteiger partial charge in [-0.15, -0.1) is 0 Å². The summed E-state index contributed by atoms with van der Waals surface area (Å²) in [7, 11) is 1.65. The Morgan fingerprint density at radius 2 is 2.04 bits per heavy atom. The number of hydrogen-bond donors (Lipinski definition) is 1. The fourth-order valence-electron chi connectivity index (χ4n) is 4.03. The van der Waals surface area contributed by atoms with E-state index in [1.54, 1.807) is 7.11 Å². The quantitative estimate of drug-likeness (QED) is 0.778. The van der Waals surface area contributed by atoms with Gasteiger partial charge in [0.15, 0.2) is 0 Å². The molecule has 0 radical (unpaired) electrons. The molecule has 1 unspecified atom stereocenters. The summed E-state index contributed by atoms with van der Waals surface area (Å²) in [5.41, 5.74) is 2.55. The fraction of sp³-hybridized carbons (Fsp3) is 0.333. The number of hydrogen-bond acceptors (Lipinski definition) is 3. The SMILES string of the molecule is COc1cccc2[nH]c(C(=O)N3CC(c4ccncc4)CC3(C)C)cc12. The second-order valence-corrected chi connectivity index (χ2v) is 7.51. The van der Waals surface area contributed by atoms with Gasteiger partial charge >= 0.3 is 0 Å². The van der Waals surface area contributed by atoms with Gasteiger partial charge in [0.2, 0.25) is 0 Å². The lowest BCUT2D eigenvalue weighted by Crippen LogP contribution is -2.42. The lowest BCUT2D eigenvalue weighted by atomic mass is 9.92. The summed E-state index contributed by atoms with van der Waals surface area (Å²) in [6.45, 7) is 4.98. The maximum Gasteiger partial charge on any atom is 0.270 e. The van der Waals surface area contributed by atoms with E-state index >= 15 is 0 Å². The summed E-state index contributed by atoms with van der Waals surface area (Å²) in [4.78, 5) is 22.6. The van der Waals surface area contributed by atoms with Crippen molar-refractivity contribution in [3.8, 4) is 5.75 Å². The second kappa shape index (κ2) is 6.16. The number of carbonyl (C=O) groups is 1. The van der Waals surface area contributed by atoms with Crippen LogP contribution in [0.5, 0.6) is 5.75 Å². The summed E-state index contributed by atoms with van der Waals surface area (Å²) >= 11 is 0. The number of likely N-dealkylation sites (tertiary alicyclic amines) is 1.